The van der Waals surface area contributed by atoms with Gasteiger partial charge in [0.05, 0.1) is 18.4 Å². The van der Waals surface area contributed by atoms with Crippen LogP contribution in [0.2, 0.25) is 5.02 Å². The van der Waals surface area contributed by atoms with Gasteiger partial charge in [-0.1, -0.05) is 35.9 Å². The third kappa shape index (κ3) is 4.35. The average molecular weight is 494 g/mol. The van der Waals surface area contributed by atoms with Gasteiger partial charge in [0.1, 0.15) is 19.0 Å². The summed E-state index contributed by atoms with van der Waals surface area (Å²) >= 11 is 6.00. The topological polar surface area (TPSA) is 65.1 Å². The fraction of sp³-hybridized carbons (Fsp3) is 0.185. The SMILES string of the molecule is COc1cc(C2CC(=O)N(c3ccc(Cl)cc3)C3=C2C(=O)OC3)ccc1OCc1ccccc1F. The molecule has 0 bridgehead atoms. The van der Waals surface area contributed by atoms with E-state index in [1.165, 1.54) is 18.1 Å². The smallest absolute Gasteiger partial charge is 0.336 e. The fourth-order valence-corrected chi connectivity index (χ4v) is 4.55. The van der Waals surface area contributed by atoms with Crippen LogP contribution in [0.4, 0.5) is 10.1 Å². The molecule has 3 aromatic carbocycles. The first-order valence-electron chi connectivity index (χ1n) is 11.0. The van der Waals surface area contributed by atoms with Crippen molar-refractivity contribution in [3.8, 4) is 11.5 Å². The maximum Gasteiger partial charge on any atom is 0.336 e. The molecule has 1 atom stereocenters. The van der Waals surface area contributed by atoms with Crippen LogP contribution in [0.5, 0.6) is 11.5 Å². The van der Waals surface area contributed by atoms with E-state index >= 15 is 0 Å². The van der Waals surface area contributed by atoms with E-state index in [2.05, 4.69) is 0 Å². The second-order valence-corrected chi connectivity index (χ2v) is 8.63. The van der Waals surface area contributed by atoms with Crippen molar-refractivity contribution in [2.75, 3.05) is 18.6 Å². The monoisotopic (exact) mass is 493 g/mol. The van der Waals surface area contributed by atoms with E-state index in [1.54, 1.807) is 60.7 Å². The van der Waals surface area contributed by atoms with Gasteiger partial charge in [0, 0.05) is 28.6 Å². The summed E-state index contributed by atoms with van der Waals surface area (Å²) in [6, 6.07) is 18.5. The average Bonchev–Trinajstić information content (AvgIpc) is 3.25. The third-order valence-electron chi connectivity index (χ3n) is 6.13. The molecule has 2 aliphatic heterocycles. The van der Waals surface area contributed by atoms with Crippen molar-refractivity contribution < 1.29 is 28.2 Å². The number of methoxy groups -OCH3 is 1. The largest absolute Gasteiger partial charge is 0.493 e. The highest BCUT2D eigenvalue weighted by Gasteiger charge is 2.43. The van der Waals surface area contributed by atoms with E-state index in [0.29, 0.717) is 39.0 Å². The summed E-state index contributed by atoms with van der Waals surface area (Å²) in [4.78, 5) is 27.5. The number of halogens is 2. The molecule has 5 rings (SSSR count). The molecule has 6 nitrogen and oxygen atoms in total. The number of ether oxygens (including phenoxy) is 3. The Morgan fingerprint density at radius 1 is 1.06 bits per heavy atom. The van der Waals surface area contributed by atoms with Crippen molar-refractivity contribution in [2.24, 2.45) is 0 Å². The highest BCUT2D eigenvalue weighted by molar-refractivity contribution is 6.30. The number of benzene rings is 3. The molecular formula is C27H21ClFNO5. The Bertz CT molecular complexity index is 1340. The first kappa shape index (κ1) is 22.9. The first-order valence-corrected chi connectivity index (χ1v) is 11.4. The number of carbonyl (C=O) groups excluding carboxylic acids is 2. The Balaban J connectivity index is 1.46. The zero-order valence-corrected chi connectivity index (χ0v) is 19.5. The lowest BCUT2D eigenvalue weighted by Gasteiger charge is -2.32. The van der Waals surface area contributed by atoms with E-state index in [0.717, 1.165) is 5.56 Å². The van der Waals surface area contributed by atoms with Crippen LogP contribution in [-0.2, 0) is 20.9 Å². The molecule has 1 amide bonds. The molecule has 0 aromatic heterocycles. The Labute approximate surface area is 206 Å². The summed E-state index contributed by atoms with van der Waals surface area (Å²) in [7, 11) is 1.50. The minimum absolute atomic E-state index is 0.0139. The molecule has 2 heterocycles. The van der Waals surface area contributed by atoms with Crippen LogP contribution >= 0.6 is 11.6 Å². The number of nitrogens with zero attached hydrogens (tertiary/aromatic N) is 1. The summed E-state index contributed by atoms with van der Waals surface area (Å²) in [5.74, 6) is -0.616. The van der Waals surface area contributed by atoms with Crippen LogP contribution in [-0.4, -0.2) is 25.6 Å². The van der Waals surface area contributed by atoms with Crippen molar-refractivity contribution >= 4 is 29.2 Å². The van der Waals surface area contributed by atoms with Crippen LogP contribution in [0.1, 0.15) is 23.5 Å². The number of cyclic esters (lactones) is 1. The van der Waals surface area contributed by atoms with Gasteiger partial charge in [-0.2, -0.15) is 0 Å². The molecule has 35 heavy (non-hydrogen) atoms. The van der Waals surface area contributed by atoms with E-state index in [9.17, 15) is 14.0 Å². The molecule has 0 fully saturated rings. The predicted molar refractivity (Wildman–Crippen MR) is 128 cm³/mol. The number of carbonyl (C=O) groups is 2. The Morgan fingerprint density at radius 3 is 2.57 bits per heavy atom. The van der Waals surface area contributed by atoms with E-state index in [1.807, 2.05) is 0 Å². The van der Waals surface area contributed by atoms with Crippen LogP contribution in [0, 0.1) is 5.82 Å². The molecule has 3 aromatic rings. The van der Waals surface area contributed by atoms with Crippen molar-refractivity contribution in [1.29, 1.82) is 0 Å². The Hall–Kier alpha value is -3.84. The lowest BCUT2D eigenvalue weighted by Crippen LogP contribution is -2.37. The lowest BCUT2D eigenvalue weighted by atomic mass is 9.84. The minimum atomic E-state index is -0.495. The van der Waals surface area contributed by atoms with Crippen molar-refractivity contribution in [1.82, 2.24) is 0 Å². The van der Waals surface area contributed by atoms with Crippen LogP contribution in [0.25, 0.3) is 0 Å². The molecular weight excluding hydrogens is 473 g/mol. The van der Waals surface area contributed by atoms with Gasteiger partial charge in [-0.3, -0.25) is 9.69 Å². The second kappa shape index (κ2) is 9.43. The number of rotatable bonds is 6. The van der Waals surface area contributed by atoms with Gasteiger partial charge in [-0.25, -0.2) is 9.18 Å². The number of anilines is 1. The molecule has 0 saturated carbocycles. The lowest BCUT2D eigenvalue weighted by molar-refractivity contribution is -0.136. The van der Waals surface area contributed by atoms with Gasteiger partial charge in [-0.15, -0.1) is 0 Å². The van der Waals surface area contributed by atoms with Gasteiger partial charge in [0.25, 0.3) is 0 Å². The molecule has 0 spiro atoms. The Kier molecular flexibility index (Phi) is 6.17. The maximum atomic E-state index is 14.0. The highest BCUT2D eigenvalue weighted by atomic mass is 35.5. The third-order valence-corrected chi connectivity index (χ3v) is 6.39. The van der Waals surface area contributed by atoms with Gasteiger partial charge in [0.2, 0.25) is 5.91 Å². The molecule has 2 aliphatic rings. The highest BCUT2D eigenvalue weighted by Crippen LogP contribution is 2.43. The molecule has 0 saturated heterocycles. The molecule has 8 heteroatoms. The maximum absolute atomic E-state index is 14.0. The summed E-state index contributed by atoms with van der Waals surface area (Å²) in [5.41, 5.74) is 2.73. The summed E-state index contributed by atoms with van der Waals surface area (Å²) in [6.07, 6.45) is 0.0785. The Morgan fingerprint density at radius 2 is 1.83 bits per heavy atom. The van der Waals surface area contributed by atoms with Crippen molar-refractivity contribution in [3.05, 3.63) is 100.0 Å². The zero-order valence-electron chi connectivity index (χ0n) is 18.8. The van der Waals surface area contributed by atoms with Gasteiger partial charge < -0.3 is 14.2 Å². The van der Waals surface area contributed by atoms with E-state index in [-0.39, 0.29) is 31.4 Å². The number of amides is 1. The van der Waals surface area contributed by atoms with Crippen molar-refractivity contribution in [2.45, 2.75) is 18.9 Å². The standard InChI is InChI=1S/C27H21ClFNO5/c1-33-24-12-16(6-11-23(24)34-14-17-4-2-3-5-21(17)29)20-13-25(31)30(19-9-7-18(28)8-10-19)22-15-35-27(32)26(20)22/h2-12,20H,13-15H2,1H3. The van der Waals surface area contributed by atoms with Gasteiger partial charge in [-0.05, 0) is 48.0 Å². The summed E-state index contributed by atoms with van der Waals surface area (Å²) in [5, 5.41) is 0.549. The van der Waals surface area contributed by atoms with Crippen LogP contribution < -0.4 is 14.4 Å². The first-order chi connectivity index (χ1) is 17.0. The minimum Gasteiger partial charge on any atom is -0.493 e. The molecule has 178 valence electrons. The summed E-state index contributed by atoms with van der Waals surface area (Å²) in [6.45, 7) is 0.0436. The number of esters is 1. The molecule has 1 unspecified atom stereocenters. The summed E-state index contributed by atoms with van der Waals surface area (Å²) < 4.78 is 30.6. The van der Waals surface area contributed by atoms with Gasteiger partial charge >= 0.3 is 5.97 Å². The van der Waals surface area contributed by atoms with Gasteiger partial charge in [0.15, 0.2) is 11.5 Å². The van der Waals surface area contributed by atoms with Crippen LogP contribution in [0.15, 0.2) is 78.0 Å². The van der Waals surface area contributed by atoms with E-state index < -0.39 is 11.9 Å². The fourth-order valence-electron chi connectivity index (χ4n) is 4.42. The van der Waals surface area contributed by atoms with Crippen LogP contribution in [0.3, 0.4) is 0 Å². The van der Waals surface area contributed by atoms with E-state index in [4.69, 9.17) is 25.8 Å². The number of hydrogen-bond donors (Lipinski definition) is 0. The quantitative estimate of drug-likeness (QED) is 0.430. The number of hydrogen-bond acceptors (Lipinski definition) is 5. The molecule has 0 N–H and O–H groups in total. The normalized spacial score (nSPS) is 17.3. The predicted octanol–water partition coefficient (Wildman–Crippen LogP) is 5.40. The zero-order chi connectivity index (χ0) is 24.5. The molecule has 0 aliphatic carbocycles. The molecule has 0 radical (unpaired) electrons. The van der Waals surface area contributed by atoms with Crippen molar-refractivity contribution in [3.63, 3.8) is 0 Å². The second-order valence-electron chi connectivity index (χ2n) is 8.19.